The fraction of sp³-hybridized carbons (Fsp3) is 0.889. The highest BCUT2D eigenvalue weighted by Crippen LogP contribution is 2.36. The fourth-order valence-corrected chi connectivity index (χ4v) is 3.10. The van der Waals surface area contributed by atoms with Crippen molar-refractivity contribution in [1.82, 2.24) is 0 Å². The fourth-order valence-electron chi connectivity index (χ4n) is 3.10. The van der Waals surface area contributed by atoms with E-state index < -0.39 is 5.79 Å². The van der Waals surface area contributed by atoms with Crippen LogP contribution in [0.5, 0.6) is 0 Å². The Hall–Kier alpha value is -0.420. The minimum absolute atomic E-state index is 0.179. The van der Waals surface area contributed by atoms with Crippen molar-refractivity contribution in [2.75, 3.05) is 33.2 Å². The first kappa shape index (κ1) is 17.9. The molecule has 0 aromatic heterocycles. The molecule has 0 aromatic rings. The van der Waals surface area contributed by atoms with Crippen molar-refractivity contribution < 1.29 is 18.9 Å². The first-order chi connectivity index (χ1) is 10.8. The standard InChI is InChI=1S/C18H32O4/c1-3-5-7-9-16-11-21-18(22-12-16,10-8-6-4-2)17-13-19-15-20-14-17/h7,9,16-17H,3-6,8,10-15H2,1-2H3. The quantitative estimate of drug-likeness (QED) is 0.503. The predicted molar refractivity (Wildman–Crippen MR) is 86.6 cm³/mol. The van der Waals surface area contributed by atoms with Gasteiger partial charge in [-0.25, -0.2) is 0 Å². The second-order valence-electron chi connectivity index (χ2n) is 6.42. The van der Waals surface area contributed by atoms with Crippen LogP contribution < -0.4 is 0 Å². The lowest BCUT2D eigenvalue weighted by Crippen LogP contribution is -2.53. The Morgan fingerprint density at radius 2 is 1.68 bits per heavy atom. The van der Waals surface area contributed by atoms with E-state index in [-0.39, 0.29) is 5.92 Å². The second-order valence-corrected chi connectivity index (χ2v) is 6.42. The minimum Gasteiger partial charge on any atom is -0.355 e. The largest absolute Gasteiger partial charge is 0.355 e. The number of ether oxygens (including phenoxy) is 4. The minimum atomic E-state index is -0.509. The Morgan fingerprint density at radius 1 is 0.955 bits per heavy atom. The van der Waals surface area contributed by atoms with Gasteiger partial charge in [0.2, 0.25) is 0 Å². The maximum atomic E-state index is 6.26. The van der Waals surface area contributed by atoms with E-state index in [2.05, 4.69) is 26.0 Å². The molecule has 2 heterocycles. The van der Waals surface area contributed by atoms with Crippen molar-refractivity contribution in [2.24, 2.45) is 11.8 Å². The van der Waals surface area contributed by atoms with Crippen LogP contribution in [0.4, 0.5) is 0 Å². The molecule has 4 heteroatoms. The SMILES string of the molecule is CCCC=CC1COC(CCCCC)(C2COCOC2)OC1. The lowest BCUT2D eigenvalue weighted by molar-refractivity contribution is -0.331. The van der Waals surface area contributed by atoms with Gasteiger partial charge in [-0.2, -0.15) is 0 Å². The highest BCUT2D eigenvalue weighted by Gasteiger charge is 2.45. The number of hydrogen-bond acceptors (Lipinski definition) is 4. The lowest BCUT2D eigenvalue weighted by Gasteiger charge is -2.45. The predicted octanol–water partition coefficient (Wildman–Crippen LogP) is 3.90. The Kier molecular flexibility index (Phi) is 7.87. The molecule has 0 amide bonds. The van der Waals surface area contributed by atoms with Crippen LogP contribution in [0, 0.1) is 11.8 Å². The summed E-state index contributed by atoms with van der Waals surface area (Å²) in [6.07, 6.45) is 11.3. The highest BCUT2D eigenvalue weighted by atomic mass is 16.7. The third-order valence-electron chi connectivity index (χ3n) is 4.50. The molecule has 0 unspecified atom stereocenters. The van der Waals surface area contributed by atoms with Crippen LogP contribution in [0.25, 0.3) is 0 Å². The van der Waals surface area contributed by atoms with Crippen LogP contribution >= 0.6 is 0 Å². The summed E-state index contributed by atoms with van der Waals surface area (Å²) in [7, 11) is 0. The number of unbranched alkanes of at least 4 members (excludes halogenated alkanes) is 3. The summed E-state index contributed by atoms with van der Waals surface area (Å²) in [5, 5.41) is 0. The van der Waals surface area contributed by atoms with Gasteiger partial charge in [-0.05, 0) is 12.8 Å². The van der Waals surface area contributed by atoms with E-state index in [1.807, 2.05) is 0 Å². The zero-order valence-corrected chi connectivity index (χ0v) is 14.2. The lowest BCUT2D eigenvalue weighted by atomic mass is 9.92. The average molecular weight is 312 g/mol. The zero-order valence-electron chi connectivity index (χ0n) is 14.2. The molecule has 128 valence electrons. The maximum Gasteiger partial charge on any atom is 0.175 e. The summed E-state index contributed by atoms with van der Waals surface area (Å²) in [4.78, 5) is 0. The molecule has 2 rings (SSSR count). The second kappa shape index (κ2) is 9.66. The normalized spacial score (nSPS) is 30.9. The molecule has 0 N–H and O–H groups in total. The van der Waals surface area contributed by atoms with Crippen molar-refractivity contribution in [3.63, 3.8) is 0 Å². The Labute approximate surface area is 135 Å². The van der Waals surface area contributed by atoms with Crippen molar-refractivity contribution in [2.45, 2.75) is 58.2 Å². The van der Waals surface area contributed by atoms with E-state index >= 15 is 0 Å². The van der Waals surface area contributed by atoms with Crippen LogP contribution in [0.3, 0.4) is 0 Å². The first-order valence-corrected chi connectivity index (χ1v) is 8.90. The van der Waals surface area contributed by atoms with Crippen LogP contribution in [-0.4, -0.2) is 39.0 Å². The summed E-state index contributed by atoms with van der Waals surface area (Å²) >= 11 is 0. The van der Waals surface area contributed by atoms with Crippen LogP contribution in [0.1, 0.15) is 52.4 Å². The van der Waals surface area contributed by atoms with Crippen LogP contribution in [-0.2, 0) is 18.9 Å². The molecule has 0 saturated carbocycles. The Morgan fingerprint density at radius 3 is 2.32 bits per heavy atom. The smallest absolute Gasteiger partial charge is 0.175 e. The molecule has 0 atom stereocenters. The third-order valence-corrected chi connectivity index (χ3v) is 4.50. The van der Waals surface area contributed by atoms with Gasteiger partial charge in [0.25, 0.3) is 0 Å². The van der Waals surface area contributed by atoms with Crippen LogP contribution in [0.2, 0.25) is 0 Å². The molecule has 2 aliphatic heterocycles. The van der Waals surface area contributed by atoms with Gasteiger partial charge in [0.15, 0.2) is 5.79 Å². The number of rotatable bonds is 8. The summed E-state index contributed by atoms with van der Waals surface area (Å²) in [6, 6.07) is 0. The maximum absolute atomic E-state index is 6.26. The van der Waals surface area contributed by atoms with Gasteiger partial charge >= 0.3 is 0 Å². The molecular weight excluding hydrogens is 280 g/mol. The van der Waals surface area contributed by atoms with Crippen LogP contribution in [0.15, 0.2) is 12.2 Å². The molecule has 0 aliphatic carbocycles. The summed E-state index contributed by atoms with van der Waals surface area (Å²) in [6.45, 7) is 7.62. The van der Waals surface area contributed by atoms with E-state index in [0.717, 1.165) is 32.5 Å². The van der Waals surface area contributed by atoms with Gasteiger partial charge in [0.1, 0.15) is 6.79 Å². The van der Waals surface area contributed by atoms with Gasteiger partial charge in [-0.15, -0.1) is 0 Å². The summed E-state index contributed by atoms with van der Waals surface area (Å²) in [5.41, 5.74) is 0. The van der Waals surface area contributed by atoms with E-state index in [1.165, 1.54) is 19.3 Å². The molecule has 0 aromatic carbocycles. The van der Waals surface area contributed by atoms with Gasteiger partial charge in [0, 0.05) is 12.3 Å². The van der Waals surface area contributed by atoms with E-state index in [0.29, 0.717) is 25.9 Å². The molecule has 0 radical (unpaired) electrons. The van der Waals surface area contributed by atoms with Crippen molar-refractivity contribution in [1.29, 1.82) is 0 Å². The van der Waals surface area contributed by atoms with Crippen molar-refractivity contribution in [3.8, 4) is 0 Å². The van der Waals surface area contributed by atoms with Crippen molar-refractivity contribution in [3.05, 3.63) is 12.2 Å². The molecule has 2 aliphatic rings. The van der Waals surface area contributed by atoms with Gasteiger partial charge in [-0.1, -0.05) is 45.3 Å². The number of hydrogen-bond donors (Lipinski definition) is 0. The number of allylic oxidation sites excluding steroid dienone is 1. The molecular formula is C18H32O4. The molecule has 22 heavy (non-hydrogen) atoms. The van der Waals surface area contributed by atoms with Crippen molar-refractivity contribution >= 4 is 0 Å². The zero-order chi connectivity index (χ0) is 15.7. The monoisotopic (exact) mass is 312 g/mol. The molecule has 2 saturated heterocycles. The molecule has 0 bridgehead atoms. The molecule has 4 nitrogen and oxygen atoms in total. The topological polar surface area (TPSA) is 36.9 Å². The average Bonchev–Trinajstić information content (AvgIpc) is 2.58. The Balaban J connectivity index is 1.91. The molecule has 0 spiro atoms. The third kappa shape index (κ3) is 5.05. The summed E-state index contributed by atoms with van der Waals surface area (Å²) < 4.78 is 23.5. The van der Waals surface area contributed by atoms with E-state index in [4.69, 9.17) is 18.9 Å². The highest BCUT2D eigenvalue weighted by molar-refractivity contribution is 4.93. The van der Waals surface area contributed by atoms with E-state index in [1.54, 1.807) is 0 Å². The summed E-state index contributed by atoms with van der Waals surface area (Å²) in [5.74, 6) is 0.0416. The van der Waals surface area contributed by atoms with Gasteiger partial charge in [-0.3, -0.25) is 0 Å². The van der Waals surface area contributed by atoms with E-state index in [9.17, 15) is 0 Å². The Bertz CT molecular complexity index is 315. The molecule has 2 fully saturated rings. The van der Waals surface area contributed by atoms with Gasteiger partial charge < -0.3 is 18.9 Å². The van der Waals surface area contributed by atoms with Gasteiger partial charge in [0.05, 0.1) is 32.3 Å². The first-order valence-electron chi connectivity index (χ1n) is 8.90.